The van der Waals surface area contributed by atoms with Crippen molar-refractivity contribution in [3.63, 3.8) is 0 Å². The van der Waals surface area contributed by atoms with Gasteiger partial charge in [0.2, 0.25) is 11.9 Å². The number of halogens is 1. The number of hydrogen-bond acceptors (Lipinski definition) is 6. The van der Waals surface area contributed by atoms with Crippen LogP contribution in [0.1, 0.15) is 42.6 Å². The number of benzene rings is 1. The van der Waals surface area contributed by atoms with E-state index in [0.29, 0.717) is 28.9 Å². The number of hydrogen-bond donors (Lipinski definition) is 2. The van der Waals surface area contributed by atoms with Gasteiger partial charge < -0.3 is 15.6 Å². The van der Waals surface area contributed by atoms with Gasteiger partial charge in [0.1, 0.15) is 11.9 Å². The number of nitrogens with two attached hydrogens (primary N) is 1. The predicted molar refractivity (Wildman–Crippen MR) is 145 cm³/mol. The molecule has 1 saturated heterocycles. The summed E-state index contributed by atoms with van der Waals surface area (Å²) in [5.74, 6) is -0.845. The van der Waals surface area contributed by atoms with E-state index in [4.69, 9.17) is 17.3 Å². The third-order valence-electron chi connectivity index (χ3n) is 6.73. The van der Waals surface area contributed by atoms with Crippen LogP contribution in [0.2, 0.25) is 5.02 Å². The quantitative estimate of drug-likeness (QED) is 0.422. The van der Waals surface area contributed by atoms with Crippen molar-refractivity contribution in [1.29, 1.82) is 0 Å². The first-order chi connectivity index (χ1) is 18.1. The van der Waals surface area contributed by atoms with Gasteiger partial charge in [-0.3, -0.25) is 19.4 Å². The third kappa shape index (κ3) is 5.50. The third-order valence-corrected chi connectivity index (χ3v) is 6.96. The number of pyridine rings is 1. The number of amides is 4. The Kier molecular flexibility index (Phi) is 8.01. The Bertz CT molecular complexity index is 1340. The second-order valence-electron chi connectivity index (χ2n) is 9.59. The van der Waals surface area contributed by atoms with Crippen molar-refractivity contribution in [1.82, 2.24) is 24.8 Å². The molecule has 0 spiro atoms. The Labute approximate surface area is 226 Å². The van der Waals surface area contributed by atoms with Crippen molar-refractivity contribution in [2.75, 3.05) is 17.7 Å². The number of rotatable bonds is 8. The number of imide groups is 1. The van der Waals surface area contributed by atoms with Crippen molar-refractivity contribution in [3.8, 4) is 0 Å². The lowest BCUT2D eigenvalue weighted by molar-refractivity contribution is -0.156. The zero-order valence-corrected chi connectivity index (χ0v) is 22.6. The van der Waals surface area contributed by atoms with Crippen molar-refractivity contribution < 1.29 is 14.4 Å². The number of aromatic nitrogens is 3. The Hall–Kier alpha value is -3.92. The largest absolute Gasteiger partial charge is 0.384 e. The van der Waals surface area contributed by atoms with E-state index >= 15 is 0 Å². The van der Waals surface area contributed by atoms with Crippen LogP contribution in [0.15, 0.2) is 48.8 Å². The molecule has 4 amide bonds. The minimum Gasteiger partial charge on any atom is -0.384 e. The number of imidazole rings is 1. The van der Waals surface area contributed by atoms with Gasteiger partial charge in [0.05, 0.1) is 12.0 Å². The second kappa shape index (κ2) is 11.2. The van der Waals surface area contributed by atoms with Crippen LogP contribution in [-0.2, 0) is 23.1 Å². The van der Waals surface area contributed by atoms with Gasteiger partial charge in [0, 0.05) is 37.2 Å². The summed E-state index contributed by atoms with van der Waals surface area (Å²) in [6, 6.07) is 8.74. The Morgan fingerprint density at radius 2 is 2.03 bits per heavy atom. The van der Waals surface area contributed by atoms with Crippen molar-refractivity contribution >= 4 is 41.2 Å². The van der Waals surface area contributed by atoms with Gasteiger partial charge in [-0.05, 0) is 55.2 Å². The molecule has 3 heterocycles. The summed E-state index contributed by atoms with van der Waals surface area (Å²) in [5, 5.41) is 3.50. The summed E-state index contributed by atoms with van der Waals surface area (Å²) < 4.78 is 1.70. The summed E-state index contributed by atoms with van der Waals surface area (Å²) in [4.78, 5) is 51.5. The number of aryl methyl sites for hydroxylation is 2. The molecule has 38 heavy (non-hydrogen) atoms. The van der Waals surface area contributed by atoms with Gasteiger partial charge >= 0.3 is 6.03 Å². The number of likely N-dealkylation sites (tertiary alicyclic amines) is 1. The molecular weight excluding hydrogens is 506 g/mol. The number of nitrogen functional groups attached to an aromatic ring is 1. The van der Waals surface area contributed by atoms with Gasteiger partial charge in [0.15, 0.2) is 0 Å². The standard InChI is InChI=1S/C27H32ClN7O3/c1-5-7-21(18-8-6-9-19(28)15-18)32-27(38)35-23(25(37)34(4)26-30-10-11-33(26)3)20(24(35)36)13-17-12-16(2)31-22(29)14-17/h6,8-12,14-15,20-21,23H,5,7,13H2,1-4H3,(H2,29,31)(H,32,38)/t20-,21-,23+/m1/s1. The number of carbonyl (C=O) groups excluding carboxylic acids is 3. The highest BCUT2D eigenvalue weighted by Gasteiger charge is 2.55. The molecule has 0 bridgehead atoms. The number of carbonyl (C=O) groups is 3. The van der Waals surface area contributed by atoms with Crippen molar-refractivity contribution in [3.05, 3.63) is 70.6 Å². The molecule has 2 aromatic heterocycles. The van der Waals surface area contributed by atoms with E-state index in [1.807, 2.05) is 32.0 Å². The topological polar surface area (TPSA) is 126 Å². The van der Waals surface area contributed by atoms with Gasteiger partial charge in [-0.25, -0.2) is 14.8 Å². The number of urea groups is 1. The van der Waals surface area contributed by atoms with E-state index in [1.54, 1.807) is 49.3 Å². The molecule has 4 rings (SSSR count). The monoisotopic (exact) mass is 537 g/mol. The smallest absolute Gasteiger partial charge is 0.325 e. The average molecular weight is 538 g/mol. The highest BCUT2D eigenvalue weighted by atomic mass is 35.5. The zero-order chi connectivity index (χ0) is 27.6. The van der Waals surface area contributed by atoms with E-state index in [0.717, 1.165) is 22.4 Å². The van der Waals surface area contributed by atoms with Crippen molar-refractivity contribution in [2.24, 2.45) is 13.0 Å². The lowest BCUT2D eigenvalue weighted by atomic mass is 9.81. The normalized spacial score (nSPS) is 17.6. The molecule has 10 nitrogen and oxygen atoms in total. The summed E-state index contributed by atoms with van der Waals surface area (Å²) >= 11 is 6.18. The SMILES string of the molecule is CCC[C@@H](NC(=O)N1C(=O)[C@H](Cc2cc(C)nc(N)c2)[C@H]1C(=O)N(C)c1nccn1C)c1cccc(Cl)c1. The summed E-state index contributed by atoms with van der Waals surface area (Å²) in [6.07, 6.45) is 4.97. The van der Waals surface area contributed by atoms with Crippen LogP contribution in [-0.4, -0.2) is 50.4 Å². The van der Waals surface area contributed by atoms with Gasteiger partial charge in [0.25, 0.3) is 5.91 Å². The van der Waals surface area contributed by atoms with E-state index in [2.05, 4.69) is 15.3 Å². The van der Waals surface area contributed by atoms with E-state index in [9.17, 15) is 14.4 Å². The number of nitrogens with one attached hydrogen (secondary N) is 1. The highest BCUT2D eigenvalue weighted by molar-refractivity contribution is 6.30. The average Bonchev–Trinajstić information content (AvgIpc) is 3.29. The first kappa shape index (κ1) is 27.1. The molecule has 11 heteroatoms. The lowest BCUT2D eigenvalue weighted by Gasteiger charge is -2.45. The van der Waals surface area contributed by atoms with E-state index < -0.39 is 29.8 Å². The second-order valence-corrected chi connectivity index (χ2v) is 10.0. The molecular formula is C27H32ClN7O3. The van der Waals surface area contributed by atoms with Crippen LogP contribution in [0.25, 0.3) is 0 Å². The first-order valence-corrected chi connectivity index (χ1v) is 12.9. The number of likely N-dealkylation sites (N-methyl/N-ethyl adjacent to an activating group) is 1. The molecule has 200 valence electrons. The fraction of sp³-hybridized carbons (Fsp3) is 0.370. The molecule has 0 saturated carbocycles. The highest BCUT2D eigenvalue weighted by Crippen LogP contribution is 2.33. The lowest BCUT2D eigenvalue weighted by Crippen LogP contribution is -2.70. The molecule has 3 N–H and O–H groups in total. The van der Waals surface area contributed by atoms with Crippen LogP contribution in [0.4, 0.5) is 16.6 Å². The molecule has 0 aliphatic carbocycles. The van der Waals surface area contributed by atoms with Gasteiger partial charge in [-0.2, -0.15) is 0 Å². The van der Waals surface area contributed by atoms with E-state index in [1.165, 1.54) is 4.90 Å². The summed E-state index contributed by atoms with van der Waals surface area (Å²) in [5.41, 5.74) is 8.22. The molecule has 1 aromatic carbocycles. The molecule has 1 fully saturated rings. The van der Waals surface area contributed by atoms with E-state index in [-0.39, 0.29) is 12.5 Å². The van der Waals surface area contributed by atoms with Gasteiger partial charge in [-0.15, -0.1) is 0 Å². The summed E-state index contributed by atoms with van der Waals surface area (Å²) in [7, 11) is 3.35. The molecule has 1 aliphatic rings. The Balaban J connectivity index is 1.63. The van der Waals surface area contributed by atoms with Crippen LogP contribution in [0, 0.1) is 12.8 Å². The predicted octanol–water partition coefficient (Wildman–Crippen LogP) is 3.64. The maximum Gasteiger partial charge on any atom is 0.325 e. The summed E-state index contributed by atoms with van der Waals surface area (Å²) in [6.45, 7) is 3.81. The van der Waals surface area contributed by atoms with Crippen LogP contribution >= 0.6 is 11.6 Å². The Morgan fingerprint density at radius 1 is 1.26 bits per heavy atom. The zero-order valence-electron chi connectivity index (χ0n) is 21.9. The van der Waals surface area contributed by atoms with Gasteiger partial charge in [-0.1, -0.05) is 37.1 Å². The maximum absolute atomic E-state index is 13.7. The van der Waals surface area contributed by atoms with Crippen LogP contribution in [0.5, 0.6) is 0 Å². The molecule has 1 aliphatic heterocycles. The fourth-order valence-electron chi connectivity index (χ4n) is 4.93. The number of anilines is 2. The maximum atomic E-state index is 13.7. The number of β-lactam (4-membered cyclic amide) rings is 1. The fourth-order valence-corrected chi connectivity index (χ4v) is 5.13. The molecule has 0 unspecified atom stereocenters. The first-order valence-electron chi connectivity index (χ1n) is 12.5. The van der Waals surface area contributed by atoms with Crippen LogP contribution in [0.3, 0.4) is 0 Å². The molecule has 3 aromatic rings. The molecule has 0 radical (unpaired) electrons. The minimum atomic E-state index is -1.01. The van der Waals surface area contributed by atoms with Crippen LogP contribution < -0.4 is 16.0 Å². The number of nitrogens with zero attached hydrogens (tertiary/aromatic N) is 5. The van der Waals surface area contributed by atoms with Crippen molar-refractivity contribution in [2.45, 2.75) is 45.2 Å². The minimum absolute atomic E-state index is 0.244. The molecule has 3 atom stereocenters. The Morgan fingerprint density at radius 3 is 2.66 bits per heavy atom.